The molecule has 1 aliphatic rings. The number of ether oxygens (including phenoxy) is 4. The first kappa shape index (κ1) is 26.6. The minimum atomic E-state index is -0.725. The van der Waals surface area contributed by atoms with Gasteiger partial charge in [-0.25, -0.2) is 14.6 Å². The second-order valence-electron chi connectivity index (χ2n) is 9.85. The van der Waals surface area contributed by atoms with Gasteiger partial charge in [-0.2, -0.15) is 0 Å². The Labute approximate surface area is 196 Å². The minimum absolute atomic E-state index is 0.336. The van der Waals surface area contributed by atoms with Crippen molar-refractivity contribution in [1.82, 2.24) is 9.88 Å². The highest BCUT2D eigenvalue weighted by atomic mass is 16.7. The Balaban J connectivity index is 2.32. The number of carbonyl (C=O) groups excluding carboxylic acids is 2. The predicted molar refractivity (Wildman–Crippen MR) is 126 cm³/mol. The SMILES string of the molecule is COC(OC)c1nc(N(C)C(=O)OC(C)(C)C)ccc1C1=CCN(C(=O)OC(C)(C)C)CC1. The van der Waals surface area contributed by atoms with E-state index in [0.29, 0.717) is 31.0 Å². The summed E-state index contributed by atoms with van der Waals surface area (Å²) in [6, 6.07) is 3.64. The molecule has 9 nitrogen and oxygen atoms in total. The van der Waals surface area contributed by atoms with E-state index < -0.39 is 23.6 Å². The van der Waals surface area contributed by atoms with Gasteiger partial charge in [0.25, 0.3) is 0 Å². The van der Waals surface area contributed by atoms with E-state index >= 15 is 0 Å². The zero-order valence-electron chi connectivity index (χ0n) is 21.2. The van der Waals surface area contributed by atoms with Crippen LogP contribution in [-0.4, -0.2) is 67.6 Å². The average Bonchev–Trinajstić information content (AvgIpc) is 2.71. The third-order valence-corrected chi connectivity index (χ3v) is 4.78. The van der Waals surface area contributed by atoms with Crippen LogP contribution >= 0.6 is 0 Å². The van der Waals surface area contributed by atoms with Crippen LogP contribution in [0.15, 0.2) is 18.2 Å². The van der Waals surface area contributed by atoms with Gasteiger partial charge < -0.3 is 23.8 Å². The summed E-state index contributed by atoms with van der Waals surface area (Å²) in [5.74, 6) is 0.411. The van der Waals surface area contributed by atoms with Crippen LogP contribution in [0.25, 0.3) is 5.57 Å². The number of hydrogen-bond acceptors (Lipinski definition) is 7. The highest BCUT2D eigenvalue weighted by Gasteiger charge is 2.28. The van der Waals surface area contributed by atoms with Crippen molar-refractivity contribution in [1.29, 1.82) is 0 Å². The van der Waals surface area contributed by atoms with Crippen LogP contribution in [0.2, 0.25) is 0 Å². The molecule has 0 aromatic carbocycles. The van der Waals surface area contributed by atoms with E-state index in [1.807, 2.05) is 53.7 Å². The number of methoxy groups -OCH3 is 2. The van der Waals surface area contributed by atoms with Gasteiger partial charge in [0.15, 0.2) is 0 Å². The van der Waals surface area contributed by atoms with Crippen LogP contribution in [0.1, 0.15) is 65.5 Å². The van der Waals surface area contributed by atoms with Gasteiger partial charge >= 0.3 is 12.2 Å². The van der Waals surface area contributed by atoms with Gasteiger partial charge in [-0.15, -0.1) is 0 Å². The molecule has 0 fully saturated rings. The quantitative estimate of drug-likeness (QED) is 0.581. The summed E-state index contributed by atoms with van der Waals surface area (Å²) in [5.41, 5.74) is 1.24. The largest absolute Gasteiger partial charge is 0.444 e. The summed E-state index contributed by atoms with van der Waals surface area (Å²) in [4.78, 5) is 32.6. The molecule has 1 aliphatic heterocycles. The van der Waals surface area contributed by atoms with Crippen molar-refractivity contribution in [3.63, 3.8) is 0 Å². The average molecular weight is 464 g/mol. The molecule has 0 saturated carbocycles. The van der Waals surface area contributed by atoms with Crippen LogP contribution < -0.4 is 4.90 Å². The number of anilines is 1. The zero-order chi connectivity index (χ0) is 25.0. The van der Waals surface area contributed by atoms with Crippen molar-refractivity contribution in [3.05, 3.63) is 29.5 Å². The maximum atomic E-state index is 12.5. The van der Waals surface area contributed by atoms with Crippen molar-refractivity contribution in [3.8, 4) is 0 Å². The Bertz CT molecular complexity index is 881. The van der Waals surface area contributed by atoms with Crippen molar-refractivity contribution >= 4 is 23.6 Å². The summed E-state index contributed by atoms with van der Waals surface area (Å²) in [6.45, 7) is 11.9. The van der Waals surface area contributed by atoms with Crippen molar-refractivity contribution < 1.29 is 28.5 Å². The first-order chi connectivity index (χ1) is 15.3. The molecule has 0 unspecified atom stereocenters. The fourth-order valence-corrected chi connectivity index (χ4v) is 3.25. The van der Waals surface area contributed by atoms with E-state index in [1.54, 1.807) is 18.0 Å². The lowest BCUT2D eigenvalue weighted by Gasteiger charge is -2.30. The molecule has 2 heterocycles. The Morgan fingerprint density at radius 2 is 1.64 bits per heavy atom. The minimum Gasteiger partial charge on any atom is -0.444 e. The Kier molecular flexibility index (Phi) is 8.48. The van der Waals surface area contributed by atoms with Crippen LogP contribution in [0.4, 0.5) is 15.4 Å². The number of rotatable bonds is 5. The van der Waals surface area contributed by atoms with Gasteiger partial charge in [0.05, 0.1) is 0 Å². The molecule has 2 amide bonds. The molecule has 33 heavy (non-hydrogen) atoms. The molecular weight excluding hydrogens is 426 g/mol. The molecular formula is C24H37N3O6. The van der Waals surface area contributed by atoms with E-state index in [-0.39, 0.29) is 6.09 Å². The first-order valence-electron chi connectivity index (χ1n) is 11.0. The topological polar surface area (TPSA) is 90.4 Å². The predicted octanol–water partition coefficient (Wildman–Crippen LogP) is 4.77. The molecule has 0 N–H and O–H groups in total. The number of hydrogen-bond donors (Lipinski definition) is 0. The summed E-state index contributed by atoms with van der Waals surface area (Å²) in [7, 11) is 4.67. The highest BCUT2D eigenvalue weighted by molar-refractivity contribution is 5.86. The van der Waals surface area contributed by atoms with Gasteiger partial charge in [0.2, 0.25) is 6.29 Å². The molecule has 1 aromatic heterocycles. The van der Waals surface area contributed by atoms with Crippen LogP contribution in [-0.2, 0) is 18.9 Å². The molecule has 0 atom stereocenters. The molecule has 1 aromatic rings. The number of nitrogens with zero attached hydrogens (tertiary/aromatic N) is 3. The molecule has 0 aliphatic carbocycles. The van der Waals surface area contributed by atoms with Crippen LogP contribution in [0, 0.1) is 0 Å². The molecule has 184 valence electrons. The molecule has 0 radical (unpaired) electrons. The van der Waals surface area contributed by atoms with Crippen molar-refractivity contribution in [2.24, 2.45) is 0 Å². The van der Waals surface area contributed by atoms with Crippen molar-refractivity contribution in [2.75, 3.05) is 39.3 Å². The summed E-state index contributed by atoms with van der Waals surface area (Å²) in [6.07, 6.45) is 1.03. The van der Waals surface area contributed by atoms with Gasteiger partial charge in [-0.3, -0.25) is 4.90 Å². The lowest BCUT2D eigenvalue weighted by atomic mass is 9.97. The third-order valence-electron chi connectivity index (χ3n) is 4.78. The smallest absolute Gasteiger partial charge is 0.415 e. The molecule has 0 spiro atoms. The Hall–Kier alpha value is -2.65. The zero-order valence-corrected chi connectivity index (χ0v) is 21.2. The van der Waals surface area contributed by atoms with Gasteiger partial charge in [0.1, 0.15) is 22.7 Å². The lowest BCUT2D eigenvalue weighted by molar-refractivity contribution is -0.108. The molecule has 0 bridgehead atoms. The van der Waals surface area contributed by atoms with E-state index in [0.717, 1.165) is 11.1 Å². The molecule has 2 rings (SSSR count). The van der Waals surface area contributed by atoms with Crippen LogP contribution in [0.3, 0.4) is 0 Å². The van der Waals surface area contributed by atoms with E-state index in [1.165, 1.54) is 19.1 Å². The summed E-state index contributed by atoms with van der Waals surface area (Å²) < 4.78 is 21.9. The maximum Gasteiger partial charge on any atom is 0.415 e. The van der Waals surface area contributed by atoms with E-state index in [2.05, 4.69) is 4.98 Å². The van der Waals surface area contributed by atoms with Gasteiger partial charge in [-0.05, 0) is 65.7 Å². The second-order valence-corrected chi connectivity index (χ2v) is 9.85. The Morgan fingerprint density at radius 1 is 1.03 bits per heavy atom. The third kappa shape index (κ3) is 7.43. The molecule has 0 saturated heterocycles. The number of amides is 2. The van der Waals surface area contributed by atoms with E-state index in [4.69, 9.17) is 18.9 Å². The number of carbonyl (C=O) groups is 2. The number of aromatic nitrogens is 1. The normalized spacial score (nSPS) is 14.7. The Morgan fingerprint density at radius 3 is 2.12 bits per heavy atom. The standard InChI is InChI=1S/C24H37N3O6/c1-23(2,3)32-21(28)26(7)18-11-10-17(19(25-18)20(30-8)31-9)16-12-14-27(15-13-16)22(29)33-24(4,5)6/h10-12,20H,13-15H2,1-9H3. The lowest BCUT2D eigenvalue weighted by Crippen LogP contribution is -2.39. The summed E-state index contributed by atoms with van der Waals surface area (Å²) >= 11 is 0. The number of pyridine rings is 1. The van der Waals surface area contributed by atoms with Crippen LogP contribution in [0.5, 0.6) is 0 Å². The monoisotopic (exact) mass is 463 g/mol. The fraction of sp³-hybridized carbons (Fsp3) is 0.625. The van der Waals surface area contributed by atoms with Crippen molar-refractivity contribution in [2.45, 2.75) is 65.5 Å². The van der Waals surface area contributed by atoms with Gasteiger partial charge in [0, 0.05) is 39.9 Å². The van der Waals surface area contributed by atoms with E-state index in [9.17, 15) is 9.59 Å². The second kappa shape index (κ2) is 10.5. The van der Waals surface area contributed by atoms with Gasteiger partial charge in [-0.1, -0.05) is 6.08 Å². The first-order valence-corrected chi connectivity index (χ1v) is 11.0. The molecule has 9 heteroatoms. The fourth-order valence-electron chi connectivity index (χ4n) is 3.25. The highest BCUT2D eigenvalue weighted by Crippen LogP contribution is 2.32. The summed E-state index contributed by atoms with van der Waals surface area (Å²) in [5, 5.41) is 0. The maximum absolute atomic E-state index is 12.5.